The summed E-state index contributed by atoms with van der Waals surface area (Å²) >= 11 is 0. The van der Waals surface area contributed by atoms with E-state index in [2.05, 4.69) is 218 Å². The number of fused-ring (bicyclic) bond motifs is 6. The first kappa shape index (κ1) is 32.2. The molecule has 0 nitrogen and oxygen atoms in total. The lowest BCUT2D eigenvalue weighted by atomic mass is 9.80. The van der Waals surface area contributed by atoms with E-state index in [0.29, 0.717) is 0 Å². The first-order valence-electron chi connectivity index (χ1n) is 19.4. The zero-order valence-corrected chi connectivity index (χ0v) is 30.8. The summed E-state index contributed by atoms with van der Waals surface area (Å²) in [4.78, 5) is 0. The maximum atomic E-state index is 2.52. The Bertz CT molecular complexity index is 3250. The third kappa shape index (κ3) is 5.22. The summed E-state index contributed by atoms with van der Waals surface area (Å²) in [6, 6.07) is 80.5. The van der Waals surface area contributed by atoms with E-state index in [1.165, 1.54) is 109 Å². The highest BCUT2D eigenvalue weighted by Gasteiger charge is 2.23. The van der Waals surface area contributed by atoms with Crippen molar-refractivity contribution in [1.82, 2.24) is 0 Å². The molecule has 0 fully saturated rings. The third-order valence-electron chi connectivity index (χ3n) is 11.6. The van der Waals surface area contributed by atoms with E-state index in [9.17, 15) is 0 Å². The van der Waals surface area contributed by atoms with Gasteiger partial charge in [-0.1, -0.05) is 194 Å². The van der Waals surface area contributed by atoms with Crippen LogP contribution < -0.4 is 0 Å². The van der Waals surface area contributed by atoms with Crippen molar-refractivity contribution >= 4 is 53.9 Å². The zero-order valence-electron chi connectivity index (χ0n) is 30.8. The Balaban J connectivity index is 1.37. The molecule has 0 aliphatic heterocycles. The summed E-state index contributed by atoms with van der Waals surface area (Å²) in [6.45, 7) is 0. The van der Waals surface area contributed by atoms with Gasteiger partial charge in [0.25, 0.3) is 0 Å². The highest BCUT2D eigenvalue weighted by atomic mass is 14.3. The van der Waals surface area contributed by atoms with Gasteiger partial charge in [-0.15, -0.1) is 0 Å². The molecule has 0 atom stereocenters. The summed E-state index contributed by atoms with van der Waals surface area (Å²) < 4.78 is 0. The molecule has 0 spiro atoms. The van der Waals surface area contributed by atoms with E-state index in [1.807, 2.05) is 0 Å². The highest BCUT2D eigenvalue weighted by Crippen LogP contribution is 2.50. The van der Waals surface area contributed by atoms with Crippen LogP contribution in [0.3, 0.4) is 0 Å². The van der Waals surface area contributed by atoms with Gasteiger partial charge in [-0.3, -0.25) is 0 Å². The van der Waals surface area contributed by atoms with Crippen molar-refractivity contribution in [3.8, 4) is 55.6 Å². The molecule has 11 aromatic rings. The Kier molecular flexibility index (Phi) is 7.60. The van der Waals surface area contributed by atoms with Crippen molar-refractivity contribution in [2.75, 3.05) is 0 Å². The first-order chi connectivity index (χ1) is 27.8. The molecule has 0 N–H and O–H groups in total. The van der Waals surface area contributed by atoms with Crippen LogP contribution in [0.1, 0.15) is 0 Å². The van der Waals surface area contributed by atoms with E-state index in [1.54, 1.807) is 0 Å². The molecule has 0 aliphatic carbocycles. The van der Waals surface area contributed by atoms with Crippen LogP contribution in [0, 0.1) is 0 Å². The van der Waals surface area contributed by atoms with Gasteiger partial charge >= 0.3 is 0 Å². The Morgan fingerprint density at radius 3 is 1.21 bits per heavy atom. The zero-order chi connectivity index (χ0) is 37.0. The Labute approximate surface area is 326 Å². The molecule has 0 unspecified atom stereocenters. The van der Waals surface area contributed by atoms with Crippen LogP contribution in [-0.4, -0.2) is 0 Å². The fourth-order valence-corrected chi connectivity index (χ4v) is 9.10. The Morgan fingerprint density at radius 2 is 0.571 bits per heavy atom. The van der Waals surface area contributed by atoms with E-state index in [4.69, 9.17) is 0 Å². The van der Waals surface area contributed by atoms with E-state index >= 15 is 0 Å². The predicted molar refractivity (Wildman–Crippen MR) is 241 cm³/mol. The van der Waals surface area contributed by atoms with Crippen LogP contribution >= 0.6 is 0 Å². The molecule has 0 radical (unpaired) electrons. The van der Waals surface area contributed by atoms with Crippen molar-refractivity contribution in [3.63, 3.8) is 0 Å². The fraction of sp³-hybridized carbons (Fsp3) is 0. The predicted octanol–water partition coefficient (Wildman–Crippen LogP) is 15.8. The summed E-state index contributed by atoms with van der Waals surface area (Å²) in [5.41, 5.74) is 12.3. The number of benzene rings is 11. The molecule has 0 aromatic heterocycles. The van der Waals surface area contributed by atoms with Crippen molar-refractivity contribution in [2.45, 2.75) is 0 Å². The van der Waals surface area contributed by atoms with Gasteiger partial charge in [-0.05, 0) is 134 Å². The maximum absolute atomic E-state index is 2.52. The van der Waals surface area contributed by atoms with Gasteiger partial charge < -0.3 is 0 Å². The summed E-state index contributed by atoms with van der Waals surface area (Å²) in [7, 11) is 0. The monoisotopic (exact) mass is 708 g/mol. The Morgan fingerprint density at radius 1 is 0.161 bits per heavy atom. The number of hydrogen-bond donors (Lipinski definition) is 0. The molecule has 56 heavy (non-hydrogen) atoms. The van der Waals surface area contributed by atoms with Crippen molar-refractivity contribution in [3.05, 3.63) is 218 Å². The quantitative estimate of drug-likeness (QED) is 0.123. The van der Waals surface area contributed by atoms with Crippen LogP contribution in [0.2, 0.25) is 0 Å². The second kappa shape index (κ2) is 13.2. The highest BCUT2D eigenvalue weighted by molar-refractivity contribution is 6.29. The lowest BCUT2D eigenvalue weighted by Crippen LogP contribution is -1.95. The van der Waals surface area contributed by atoms with Crippen molar-refractivity contribution in [2.24, 2.45) is 0 Å². The number of rotatable bonds is 5. The molecule has 11 rings (SSSR count). The molecule has 0 aliphatic rings. The molecule has 0 saturated heterocycles. The van der Waals surface area contributed by atoms with E-state index in [0.717, 1.165) is 0 Å². The van der Waals surface area contributed by atoms with Gasteiger partial charge in [0.05, 0.1) is 0 Å². The standard InChI is InChI=1S/C56H36/c1-5-17-37(18-6-1)43-31-32-47-49(34-43)54(40-22-9-3-10-23-40)52-36-50-48(35-51(52)53(47)39-20-7-2-8-21-39)45-27-15-16-28-46(45)56(55(50)41-24-11-4-12-25-41)44-30-29-38-19-13-14-26-42(38)33-44/h1-36H. The SMILES string of the molecule is c1ccc(-c2ccc3c(-c4ccccc4)c4cc5c(cc4c(-c4ccccc4)c3c2)c(-c2ccccc2)c(-c2ccc3ccccc3c2)c2ccccc25)cc1. The van der Waals surface area contributed by atoms with E-state index < -0.39 is 0 Å². The minimum absolute atomic E-state index is 1.21. The second-order valence-electron chi connectivity index (χ2n) is 14.8. The van der Waals surface area contributed by atoms with Gasteiger partial charge in [-0.25, -0.2) is 0 Å². The van der Waals surface area contributed by atoms with Crippen molar-refractivity contribution < 1.29 is 0 Å². The lowest BCUT2D eigenvalue weighted by molar-refractivity contribution is 1.63. The van der Waals surface area contributed by atoms with Crippen LogP contribution in [0.15, 0.2) is 218 Å². The molecule has 0 bridgehead atoms. The largest absolute Gasteiger partial charge is 0.0622 e. The summed E-state index contributed by atoms with van der Waals surface area (Å²) in [5.74, 6) is 0. The van der Waals surface area contributed by atoms with Crippen LogP contribution in [0.5, 0.6) is 0 Å². The van der Waals surface area contributed by atoms with Crippen molar-refractivity contribution in [1.29, 1.82) is 0 Å². The van der Waals surface area contributed by atoms with Gasteiger partial charge in [0, 0.05) is 0 Å². The topological polar surface area (TPSA) is 0 Å². The van der Waals surface area contributed by atoms with Crippen LogP contribution in [0.4, 0.5) is 0 Å². The smallest absolute Gasteiger partial charge is 0.00201 e. The molecule has 260 valence electrons. The number of hydrogen-bond acceptors (Lipinski definition) is 0. The molecule has 0 saturated carbocycles. The van der Waals surface area contributed by atoms with Crippen LogP contribution in [0.25, 0.3) is 109 Å². The van der Waals surface area contributed by atoms with Gasteiger partial charge in [0.1, 0.15) is 0 Å². The lowest BCUT2D eigenvalue weighted by Gasteiger charge is -2.23. The van der Waals surface area contributed by atoms with Gasteiger partial charge in [-0.2, -0.15) is 0 Å². The molecule has 0 heteroatoms. The third-order valence-corrected chi connectivity index (χ3v) is 11.6. The van der Waals surface area contributed by atoms with Crippen LogP contribution in [-0.2, 0) is 0 Å². The fourth-order valence-electron chi connectivity index (χ4n) is 9.10. The second-order valence-corrected chi connectivity index (χ2v) is 14.8. The van der Waals surface area contributed by atoms with Gasteiger partial charge in [0.2, 0.25) is 0 Å². The summed E-state index contributed by atoms with van der Waals surface area (Å²) in [6.07, 6.45) is 0. The molecule has 0 heterocycles. The Hall–Kier alpha value is -7.28. The molecule has 11 aromatic carbocycles. The molecular formula is C56H36. The molecular weight excluding hydrogens is 673 g/mol. The first-order valence-corrected chi connectivity index (χ1v) is 19.4. The molecule has 0 amide bonds. The normalized spacial score (nSPS) is 11.6. The van der Waals surface area contributed by atoms with E-state index in [-0.39, 0.29) is 0 Å². The minimum atomic E-state index is 1.21. The average Bonchev–Trinajstić information content (AvgIpc) is 3.28. The maximum Gasteiger partial charge on any atom is -0.00201 e. The minimum Gasteiger partial charge on any atom is -0.0622 e. The average molecular weight is 709 g/mol. The van der Waals surface area contributed by atoms with Gasteiger partial charge in [0.15, 0.2) is 0 Å². The summed E-state index contributed by atoms with van der Waals surface area (Å²) in [5, 5.41) is 12.5.